The highest BCUT2D eigenvalue weighted by molar-refractivity contribution is 7.80. The van der Waals surface area contributed by atoms with E-state index in [9.17, 15) is 0 Å². The van der Waals surface area contributed by atoms with E-state index in [1.807, 2.05) is 30.3 Å². The quantitative estimate of drug-likeness (QED) is 0.341. The van der Waals surface area contributed by atoms with Crippen molar-refractivity contribution in [2.45, 2.75) is 0 Å². The molecule has 0 heterocycles. The molecule has 0 atom stereocenters. The molecule has 0 aliphatic carbocycles. The second-order valence-electron chi connectivity index (χ2n) is 4.81. The van der Waals surface area contributed by atoms with Gasteiger partial charge in [-0.15, -0.1) is 0 Å². The van der Waals surface area contributed by atoms with Gasteiger partial charge in [-0.05, 0) is 23.8 Å². The van der Waals surface area contributed by atoms with Crippen molar-refractivity contribution in [3.63, 3.8) is 0 Å². The molecule has 0 aliphatic rings. The molecule has 0 saturated carbocycles. The van der Waals surface area contributed by atoms with E-state index in [-0.39, 0.29) is 0 Å². The van der Waals surface area contributed by atoms with E-state index in [0.717, 1.165) is 5.56 Å². The van der Waals surface area contributed by atoms with Crippen LogP contribution in [0.15, 0.2) is 90.1 Å². The van der Waals surface area contributed by atoms with Crippen molar-refractivity contribution >= 4 is 30.0 Å². The van der Waals surface area contributed by atoms with E-state index in [2.05, 4.69) is 59.8 Å². The minimum absolute atomic E-state index is 0.681. The molecule has 1 N–H and O–H groups in total. The van der Waals surface area contributed by atoms with Crippen LogP contribution in [0.1, 0.15) is 5.56 Å². The predicted octanol–water partition coefficient (Wildman–Crippen LogP) is 3.25. The van der Waals surface area contributed by atoms with E-state index in [1.165, 1.54) is 22.1 Å². The summed E-state index contributed by atoms with van der Waals surface area (Å²) >= 11 is 0. The smallest absolute Gasteiger partial charge is 0.0740 e. The molecule has 0 amide bonds. The molecule has 0 radical (unpaired) electrons. The molecule has 0 saturated heterocycles. The monoisotopic (exact) mass is 305 g/mol. The summed E-state index contributed by atoms with van der Waals surface area (Å²) in [6, 6.07) is 29.0. The van der Waals surface area contributed by atoms with Crippen LogP contribution in [-0.2, 0) is 0 Å². The van der Waals surface area contributed by atoms with E-state index >= 15 is 0 Å². The summed E-state index contributed by atoms with van der Waals surface area (Å²) in [5.41, 5.74) is 0.948. The highest BCUT2D eigenvalue weighted by Gasteiger charge is 2.18. The molecular weight excluding hydrogens is 289 g/mol. The van der Waals surface area contributed by atoms with E-state index in [1.54, 1.807) is 0 Å². The minimum Gasteiger partial charge on any atom is -0.411 e. The molecular formula is C19H16NOP. The van der Waals surface area contributed by atoms with Gasteiger partial charge < -0.3 is 5.21 Å². The Morgan fingerprint density at radius 3 is 1.73 bits per heavy atom. The summed E-state index contributed by atoms with van der Waals surface area (Å²) in [6.07, 6.45) is 1.51. The molecule has 3 aromatic rings. The summed E-state index contributed by atoms with van der Waals surface area (Å²) in [5, 5.41) is 15.9. The van der Waals surface area contributed by atoms with Gasteiger partial charge in [-0.2, -0.15) is 0 Å². The second-order valence-corrected chi connectivity index (χ2v) is 7.00. The maximum Gasteiger partial charge on any atom is 0.0740 e. The number of oxime groups is 1. The van der Waals surface area contributed by atoms with Crippen LogP contribution in [0.25, 0.3) is 0 Å². The molecule has 3 rings (SSSR count). The summed E-state index contributed by atoms with van der Waals surface area (Å²) in [7, 11) is -0.681. The van der Waals surface area contributed by atoms with Crippen molar-refractivity contribution < 1.29 is 5.21 Å². The van der Waals surface area contributed by atoms with Crippen molar-refractivity contribution in [1.29, 1.82) is 0 Å². The Bertz CT molecular complexity index is 717. The number of benzene rings is 3. The Labute approximate surface area is 131 Å². The fourth-order valence-electron chi connectivity index (χ4n) is 2.44. The van der Waals surface area contributed by atoms with Crippen LogP contribution in [0, 0.1) is 0 Å². The zero-order valence-electron chi connectivity index (χ0n) is 12.0. The summed E-state index contributed by atoms with van der Waals surface area (Å²) in [4.78, 5) is 0. The average molecular weight is 305 g/mol. The topological polar surface area (TPSA) is 32.6 Å². The van der Waals surface area contributed by atoms with Gasteiger partial charge in [0.2, 0.25) is 0 Å². The first kappa shape index (κ1) is 14.5. The molecule has 3 aromatic carbocycles. The van der Waals surface area contributed by atoms with Crippen molar-refractivity contribution in [2.24, 2.45) is 5.16 Å². The van der Waals surface area contributed by atoms with Gasteiger partial charge in [0.05, 0.1) is 6.21 Å². The Morgan fingerprint density at radius 2 is 1.18 bits per heavy atom. The van der Waals surface area contributed by atoms with Crippen molar-refractivity contribution in [1.82, 2.24) is 0 Å². The van der Waals surface area contributed by atoms with Crippen LogP contribution in [0.3, 0.4) is 0 Å². The van der Waals surface area contributed by atoms with Gasteiger partial charge in [-0.3, -0.25) is 0 Å². The molecule has 0 bridgehead atoms. The Morgan fingerprint density at radius 1 is 0.682 bits per heavy atom. The summed E-state index contributed by atoms with van der Waals surface area (Å²) in [5.74, 6) is 0. The van der Waals surface area contributed by atoms with Crippen LogP contribution in [0.4, 0.5) is 0 Å². The van der Waals surface area contributed by atoms with E-state index in [4.69, 9.17) is 5.21 Å². The lowest BCUT2D eigenvalue weighted by molar-refractivity contribution is 0.322. The van der Waals surface area contributed by atoms with Gasteiger partial charge >= 0.3 is 0 Å². The highest BCUT2D eigenvalue weighted by atomic mass is 31.1. The Balaban J connectivity index is 2.19. The zero-order valence-corrected chi connectivity index (χ0v) is 12.9. The maximum atomic E-state index is 8.94. The first-order chi connectivity index (χ1) is 10.9. The fourth-order valence-corrected chi connectivity index (χ4v) is 4.86. The maximum absolute atomic E-state index is 8.94. The first-order valence-corrected chi connectivity index (χ1v) is 8.41. The van der Waals surface area contributed by atoms with Crippen LogP contribution in [-0.4, -0.2) is 11.4 Å². The standard InChI is InChI=1S/C19H16NOP/c21-20-15-16-9-7-8-14-19(16)22(17-10-3-1-4-11-17)18-12-5-2-6-13-18/h1-15,21H/b20-15+. The molecule has 0 fully saturated rings. The lowest BCUT2D eigenvalue weighted by atomic mass is 10.2. The van der Waals surface area contributed by atoms with Crippen molar-refractivity contribution in [3.8, 4) is 0 Å². The molecule has 0 spiro atoms. The second kappa shape index (κ2) is 7.02. The third-order valence-corrected chi connectivity index (χ3v) is 5.92. The molecule has 22 heavy (non-hydrogen) atoms. The molecule has 0 aromatic heterocycles. The summed E-state index contributed by atoms with van der Waals surface area (Å²) in [6.45, 7) is 0. The SMILES string of the molecule is O/N=C/c1ccccc1P(c1ccccc1)c1ccccc1. The Kier molecular flexibility index (Phi) is 4.62. The highest BCUT2D eigenvalue weighted by Crippen LogP contribution is 2.33. The molecule has 2 nitrogen and oxygen atoms in total. The predicted molar refractivity (Wildman–Crippen MR) is 94.5 cm³/mol. The van der Waals surface area contributed by atoms with Gasteiger partial charge in [-0.25, -0.2) is 0 Å². The van der Waals surface area contributed by atoms with Crippen LogP contribution in [0.2, 0.25) is 0 Å². The third-order valence-electron chi connectivity index (χ3n) is 3.40. The lowest BCUT2D eigenvalue weighted by Crippen LogP contribution is -2.23. The molecule has 108 valence electrons. The molecule has 0 aliphatic heterocycles. The fraction of sp³-hybridized carbons (Fsp3) is 0. The number of hydrogen-bond donors (Lipinski definition) is 1. The third kappa shape index (κ3) is 3.08. The van der Waals surface area contributed by atoms with Crippen molar-refractivity contribution in [3.05, 3.63) is 90.5 Å². The van der Waals surface area contributed by atoms with Gasteiger partial charge in [0.25, 0.3) is 0 Å². The first-order valence-electron chi connectivity index (χ1n) is 7.07. The number of hydrogen-bond acceptors (Lipinski definition) is 2. The van der Waals surface area contributed by atoms with Crippen LogP contribution < -0.4 is 15.9 Å². The molecule has 0 unspecified atom stereocenters. The van der Waals surface area contributed by atoms with E-state index in [0.29, 0.717) is 0 Å². The largest absolute Gasteiger partial charge is 0.411 e. The van der Waals surface area contributed by atoms with Gasteiger partial charge in [0, 0.05) is 5.56 Å². The Hall–Kier alpha value is -2.44. The summed E-state index contributed by atoms with van der Waals surface area (Å²) < 4.78 is 0. The van der Waals surface area contributed by atoms with Gasteiger partial charge in [-0.1, -0.05) is 90.1 Å². The number of nitrogens with zero attached hydrogens (tertiary/aromatic N) is 1. The lowest BCUT2D eigenvalue weighted by Gasteiger charge is -2.20. The number of rotatable bonds is 4. The zero-order chi connectivity index (χ0) is 15.2. The van der Waals surface area contributed by atoms with E-state index < -0.39 is 7.92 Å². The van der Waals surface area contributed by atoms with Crippen LogP contribution >= 0.6 is 7.92 Å². The van der Waals surface area contributed by atoms with Crippen molar-refractivity contribution in [2.75, 3.05) is 0 Å². The normalized spacial score (nSPS) is 11.1. The minimum atomic E-state index is -0.681. The van der Waals surface area contributed by atoms with Gasteiger partial charge in [0.15, 0.2) is 0 Å². The van der Waals surface area contributed by atoms with Crippen LogP contribution in [0.5, 0.6) is 0 Å². The average Bonchev–Trinajstić information content (AvgIpc) is 2.59. The van der Waals surface area contributed by atoms with Gasteiger partial charge in [0.1, 0.15) is 0 Å². The molecule has 3 heteroatoms.